The fraction of sp³-hybridized carbons (Fsp3) is 0.320. The van der Waals surface area contributed by atoms with Gasteiger partial charge < -0.3 is 21.3 Å². The van der Waals surface area contributed by atoms with Gasteiger partial charge in [-0.1, -0.05) is 17.7 Å². The number of anilines is 2. The molecule has 0 aliphatic heterocycles. The second-order valence-electron chi connectivity index (χ2n) is 8.67. The predicted octanol–water partition coefficient (Wildman–Crippen LogP) is 5.81. The number of halogens is 4. The average molecular weight is 520 g/mol. The van der Waals surface area contributed by atoms with E-state index in [-0.39, 0.29) is 29.5 Å². The van der Waals surface area contributed by atoms with Gasteiger partial charge in [-0.05, 0) is 68.1 Å². The summed E-state index contributed by atoms with van der Waals surface area (Å²) >= 11 is 6.08. The van der Waals surface area contributed by atoms with Gasteiger partial charge in [-0.25, -0.2) is 9.78 Å². The zero-order chi connectivity index (χ0) is 25.9. The van der Waals surface area contributed by atoms with Gasteiger partial charge in [-0.3, -0.25) is 4.79 Å². The number of amides is 3. The molecule has 3 amide bonds. The van der Waals surface area contributed by atoms with E-state index in [1.54, 1.807) is 30.3 Å². The summed E-state index contributed by atoms with van der Waals surface area (Å²) in [6.07, 6.45) is -1.92. The molecule has 7 nitrogen and oxygen atoms in total. The van der Waals surface area contributed by atoms with E-state index in [1.807, 2.05) is 0 Å². The van der Waals surface area contributed by atoms with E-state index >= 15 is 0 Å². The highest BCUT2D eigenvalue weighted by molar-refractivity contribution is 6.31. The van der Waals surface area contributed by atoms with E-state index in [2.05, 4.69) is 26.3 Å². The van der Waals surface area contributed by atoms with Crippen molar-refractivity contribution in [2.75, 3.05) is 17.7 Å². The molecule has 0 atom stereocenters. The first-order chi connectivity index (χ1) is 17.1. The smallest absolute Gasteiger partial charge is 0.382 e. The minimum absolute atomic E-state index is 0.0658. The Balaban J connectivity index is 1.40. The summed E-state index contributed by atoms with van der Waals surface area (Å²) < 4.78 is 40.2. The molecule has 0 saturated heterocycles. The van der Waals surface area contributed by atoms with E-state index in [0.717, 1.165) is 6.07 Å². The summed E-state index contributed by atoms with van der Waals surface area (Å²) in [4.78, 5) is 28.0. The average Bonchev–Trinajstić information content (AvgIpc) is 2.84. The largest absolute Gasteiger partial charge is 0.433 e. The SMILES string of the molecule is CNC(=O)Nc1cccc(C(=O)N[C@H]2CC[C@@H](Nc3cc(C(F)(F)F)nc4ccc(Cl)cc34)CC2)c1. The van der Waals surface area contributed by atoms with Gasteiger partial charge in [0.05, 0.1) is 5.52 Å². The van der Waals surface area contributed by atoms with Crippen molar-refractivity contribution in [1.82, 2.24) is 15.6 Å². The molecule has 0 radical (unpaired) electrons. The van der Waals surface area contributed by atoms with Crippen LogP contribution < -0.4 is 21.3 Å². The topological polar surface area (TPSA) is 95.2 Å². The molecule has 36 heavy (non-hydrogen) atoms. The second-order valence-corrected chi connectivity index (χ2v) is 9.10. The highest BCUT2D eigenvalue weighted by Crippen LogP contribution is 2.35. The number of carbonyl (C=O) groups excluding carboxylic acids is 2. The van der Waals surface area contributed by atoms with Crippen LogP contribution >= 0.6 is 11.6 Å². The molecule has 3 aromatic rings. The van der Waals surface area contributed by atoms with Crippen molar-refractivity contribution in [1.29, 1.82) is 0 Å². The van der Waals surface area contributed by atoms with Crippen molar-refractivity contribution in [3.63, 3.8) is 0 Å². The number of urea groups is 1. The van der Waals surface area contributed by atoms with Gasteiger partial charge in [0.15, 0.2) is 0 Å². The van der Waals surface area contributed by atoms with Crippen LogP contribution in [-0.2, 0) is 6.18 Å². The van der Waals surface area contributed by atoms with Crippen LogP contribution in [0.15, 0.2) is 48.5 Å². The lowest BCUT2D eigenvalue weighted by molar-refractivity contribution is -0.140. The monoisotopic (exact) mass is 519 g/mol. The fourth-order valence-corrected chi connectivity index (χ4v) is 4.44. The van der Waals surface area contributed by atoms with Gasteiger partial charge in [0.25, 0.3) is 5.91 Å². The highest BCUT2D eigenvalue weighted by Gasteiger charge is 2.34. The fourth-order valence-electron chi connectivity index (χ4n) is 4.27. The number of alkyl halides is 3. The number of nitrogens with one attached hydrogen (secondary N) is 4. The van der Waals surface area contributed by atoms with E-state index in [4.69, 9.17) is 11.6 Å². The predicted molar refractivity (Wildman–Crippen MR) is 133 cm³/mol. The first-order valence-corrected chi connectivity index (χ1v) is 11.8. The number of pyridine rings is 1. The lowest BCUT2D eigenvalue weighted by atomic mass is 9.90. The molecule has 1 aromatic heterocycles. The molecule has 1 fully saturated rings. The maximum absolute atomic E-state index is 13.4. The Morgan fingerprint density at radius 1 is 1.00 bits per heavy atom. The Bertz CT molecular complexity index is 1280. The summed E-state index contributed by atoms with van der Waals surface area (Å²) in [6, 6.07) is 11.7. The highest BCUT2D eigenvalue weighted by atomic mass is 35.5. The van der Waals surface area contributed by atoms with Crippen molar-refractivity contribution in [3.05, 3.63) is 64.8 Å². The molecule has 4 N–H and O–H groups in total. The van der Waals surface area contributed by atoms with Crippen molar-refractivity contribution >= 4 is 45.8 Å². The number of rotatable bonds is 5. The number of hydrogen-bond acceptors (Lipinski definition) is 4. The first-order valence-electron chi connectivity index (χ1n) is 11.5. The van der Waals surface area contributed by atoms with E-state index in [1.165, 1.54) is 19.2 Å². The van der Waals surface area contributed by atoms with Crippen LogP contribution in [0.3, 0.4) is 0 Å². The molecule has 0 bridgehead atoms. The Morgan fingerprint density at radius 2 is 1.72 bits per heavy atom. The van der Waals surface area contributed by atoms with Crippen LogP contribution in [0.2, 0.25) is 5.02 Å². The number of hydrogen-bond donors (Lipinski definition) is 4. The first kappa shape index (κ1) is 25.6. The van der Waals surface area contributed by atoms with Crippen molar-refractivity contribution in [3.8, 4) is 0 Å². The minimum Gasteiger partial charge on any atom is -0.382 e. The molecule has 1 heterocycles. The van der Waals surface area contributed by atoms with Gasteiger partial charge in [-0.15, -0.1) is 0 Å². The molecule has 1 saturated carbocycles. The summed E-state index contributed by atoms with van der Waals surface area (Å²) in [6.45, 7) is 0. The lowest BCUT2D eigenvalue weighted by Gasteiger charge is -2.31. The third kappa shape index (κ3) is 6.17. The molecular formula is C25H25ClF3N5O2. The Hall–Kier alpha value is -3.53. The minimum atomic E-state index is -4.57. The standard InChI is InChI=1S/C25H25ClF3N5O2/c1-30-24(36)33-18-4-2-3-14(11-18)23(35)32-17-8-6-16(7-9-17)31-21-13-22(25(27,28)29)34-20-10-5-15(26)12-19(20)21/h2-5,10-13,16-17H,6-9H2,1H3,(H,31,34)(H,32,35)(H2,30,33,36)/t16-,17+. The second kappa shape index (κ2) is 10.6. The number of fused-ring (bicyclic) bond motifs is 1. The van der Waals surface area contributed by atoms with Gasteiger partial charge >= 0.3 is 12.2 Å². The normalized spacial score (nSPS) is 17.9. The number of aromatic nitrogens is 1. The number of nitrogens with zero attached hydrogens (tertiary/aromatic N) is 1. The molecule has 1 aliphatic carbocycles. The quantitative estimate of drug-likeness (QED) is 0.342. The maximum Gasteiger partial charge on any atom is 0.433 e. The molecular weight excluding hydrogens is 495 g/mol. The Kier molecular flexibility index (Phi) is 7.53. The van der Waals surface area contributed by atoms with Gasteiger partial charge in [0.1, 0.15) is 5.69 Å². The van der Waals surface area contributed by atoms with Crippen molar-refractivity contribution in [2.24, 2.45) is 0 Å². The lowest BCUT2D eigenvalue weighted by Crippen LogP contribution is -2.40. The number of carbonyl (C=O) groups is 2. The van der Waals surface area contributed by atoms with Crippen molar-refractivity contribution < 1.29 is 22.8 Å². The van der Waals surface area contributed by atoms with Gasteiger partial charge in [0.2, 0.25) is 0 Å². The summed E-state index contributed by atoms with van der Waals surface area (Å²) in [7, 11) is 1.50. The zero-order valence-corrected chi connectivity index (χ0v) is 20.1. The number of benzene rings is 2. The molecule has 190 valence electrons. The third-order valence-electron chi connectivity index (χ3n) is 6.09. The molecule has 1 aliphatic rings. The molecule has 11 heteroatoms. The van der Waals surface area contributed by atoms with Crippen LogP contribution in [-0.4, -0.2) is 36.1 Å². The van der Waals surface area contributed by atoms with Crippen LogP contribution in [0, 0.1) is 0 Å². The van der Waals surface area contributed by atoms with Crippen LogP contribution in [0.1, 0.15) is 41.7 Å². The summed E-state index contributed by atoms with van der Waals surface area (Å²) in [5.74, 6) is -0.253. The van der Waals surface area contributed by atoms with E-state index < -0.39 is 11.9 Å². The van der Waals surface area contributed by atoms with Crippen molar-refractivity contribution in [2.45, 2.75) is 43.9 Å². The molecule has 4 rings (SSSR count). The Morgan fingerprint density at radius 3 is 2.42 bits per heavy atom. The summed E-state index contributed by atoms with van der Waals surface area (Å²) in [5, 5.41) is 12.3. The molecule has 0 spiro atoms. The van der Waals surface area contributed by atoms with Gasteiger partial charge in [-0.2, -0.15) is 13.2 Å². The zero-order valence-electron chi connectivity index (χ0n) is 19.4. The third-order valence-corrected chi connectivity index (χ3v) is 6.33. The van der Waals surface area contributed by atoms with Gasteiger partial charge in [0, 0.05) is 46.5 Å². The van der Waals surface area contributed by atoms with Crippen LogP contribution in [0.25, 0.3) is 10.9 Å². The van der Waals surface area contributed by atoms with Crippen LogP contribution in [0.4, 0.5) is 29.3 Å². The maximum atomic E-state index is 13.4. The van der Waals surface area contributed by atoms with Crippen LogP contribution in [0.5, 0.6) is 0 Å². The summed E-state index contributed by atoms with van der Waals surface area (Å²) in [5.41, 5.74) is 0.504. The molecule has 2 aromatic carbocycles. The Labute approximate surface area is 210 Å². The van der Waals surface area contributed by atoms with E-state index in [0.29, 0.717) is 53.0 Å². The molecule has 0 unspecified atom stereocenters. The van der Waals surface area contributed by atoms with E-state index in [9.17, 15) is 22.8 Å².